The first-order valence-corrected chi connectivity index (χ1v) is 5.40. The molecule has 0 aromatic heterocycles. The van der Waals surface area contributed by atoms with Crippen molar-refractivity contribution in [1.29, 1.82) is 0 Å². The van der Waals surface area contributed by atoms with E-state index in [4.69, 9.17) is 5.73 Å². The highest BCUT2D eigenvalue weighted by Gasteiger charge is 2.14. The molecule has 0 atom stereocenters. The number of aryl methyl sites for hydroxylation is 1. The second kappa shape index (κ2) is 4.70. The van der Waals surface area contributed by atoms with Gasteiger partial charge < -0.3 is 5.73 Å². The van der Waals surface area contributed by atoms with Crippen molar-refractivity contribution in [3.05, 3.63) is 60.2 Å². The lowest BCUT2D eigenvalue weighted by Gasteiger charge is -2.20. The highest BCUT2D eigenvalue weighted by atomic mass is 16.2. The molecule has 0 spiro atoms. The first-order valence-electron chi connectivity index (χ1n) is 5.40. The average molecular weight is 226 g/mol. The number of nitrogens with two attached hydrogens (primary N) is 1. The summed E-state index contributed by atoms with van der Waals surface area (Å²) in [6.45, 7) is 1.98. The van der Waals surface area contributed by atoms with Crippen molar-refractivity contribution in [2.75, 3.05) is 4.90 Å². The van der Waals surface area contributed by atoms with Gasteiger partial charge in [-0.15, -0.1) is 0 Å². The van der Waals surface area contributed by atoms with Crippen LogP contribution in [0.5, 0.6) is 0 Å². The highest BCUT2D eigenvalue weighted by molar-refractivity contribution is 5.98. The van der Waals surface area contributed by atoms with E-state index in [-0.39, 0.29) is 0 Å². The number of benzene rings is 2. The molecule has 2 N–H and O–H groups in total. The summed E-state index contributed by atoms with van der Waals surface area (Å²) in [7, 11) is 0. The van der Waals surface area contributed by atoms with Crippen molar-refractivity contribution in [1.82, 2.24) is 0 Å². The lowest BCUT2D eigenvalue weighted by atomic mass is 10.2. The second-order valence-corrected chi connectivity index (χ2v) is 3.85. The summed E-state index contributed by atoms with van der Waals surface area (Å²) in [5.74, 6) is 0. The third kappa shape index (κ3) is 2.45. The number of amides is 2. The van der Waals surface area contributed by atoms with Gasteiger partial charge in [0.2, 0.25) is 0 Å². The second-order valence-electron chi connectivity index (χ2n) is 3.85. The summed E-state index contributed by atoms with van der Waals surface area (Å²) in [4.78, 5) is 13.1. The Kier molecular flexibility index (Phi) is 3.10. The van der Waals surface area contributed by atoms with E-state index in [0.29, 0.717) is 0 Å². The standard InChI is InChI=1S/C14H14N2O/c1-11-6-5-9-13(10-11)16(14(15)17)12-7-3-2-4-8-12/h2-10H,1H3,(H2,15,17). The third-order valence-corrected chi connectivity index (χ3v) is 2.49. The molecule has 17 heavy (non-hydrogen) atoms. The first kappa shape index (κ1) is 11.2. The van der Waals surface area contributed by atoms with Crippen LogP contribution in [0.25, 0.3) is 0 Å². The van der Waals surface area contributed by atoms with Crippen LogP contribution in [0.1, 0.15) is 5.56 Å². The molecule has 2 amide bonds. The van der Waals surface area contributed by atoms with Crippen LogP contribution in [0.15, 0.2) is 54.6 Å². The number of primary amides is 1. The third-order valence-electron chi connectivity index (χ3n) is 2.49. The number of hydrogen-bond acceptors (Lipinski definition) is 1. The van der Waals surface area contributed by atoms with Crippen LogP contribution < -0.4 is 10.6 Å². The highest BCUT2D eigenvalue weighted by Crippen LogP contribution is 2.25. The minimum atomic E-state index is -0.484. The van der Waals surface area contributed by atoms with E-state index < -0.39 is 6.03 Å². The van der Waals surface area contributed by atoms with Crippen molar-refractivity contribution in [2.45, 2.75) is 6.92 Å². The summed E-state index contributed by atoms with van der Waals surface area (Å²) < 4.78 is 0. The fourth-order valence-corrected chi connectivity index (χ4v) is 1.75. The Morgan fingerprint density at radius 3 is 2.24 bits per heavy atom. The topological polar surface area (TPSA) is 46.3 Å². The lowest BCUT2D eigenvalue weighted by Crippen LogP contribution is -2.31. The van der Waals surface area contributed by atoms with E-state index in [9.17, 15) is 4.79 Å². The zero-order chi connectivity index (χ0) is 12.3. The molecule has 0 aliphatic carbocycles. The molecule has 3 heteroatoms. The van der Waals surface area contributed by atoms with Gasteiger partial charge in [0.25, 0.3) is 0 Å². The fraction of sp³-hybridized carbons (Fsp3) is 0.0714. The van der Waals surface area contributed by atoms with E-state index in [1.807, 2.05) is 61.5 Å². The summed E-state index contributed by atoms with van der Waals surface area (Å²) in [6, 6.07) is 16.6. The molecule has 2 rings (SSSR count). The van der Waals surface area contributed by atoms with E-state index in [0.717, 1.165) is 16.9 Å². The molecule has 0 unspecified atom stereocenters. The van der Waals surface area contributed by atoms with Gasteiger partial charge in [0, 0.05) is 0 Å². The number of para-hydroxylation sites is 1. The molecule has 0 saturated heterocycles. The molecule has 86 valence electrons. The minimum absolute atomic E-state index is 0.484. The number of carbonyl (C=O) groups excluding carboxylic acids is 1. The maximum atomic E-state index is 11.6. The zero-order valence-electron chi connectivity index (χ0n) is 9.63. The molecule has 0 aliphatic rings. The van der Waals surface area contributed by atoms with Crippen LogP contribution in [-0.2, 0) is 0 Å². The molecule has 0 fully saturated rings. The number of nitrogens with zero attached hydrogens (tertiary/aromatic N) is 1. The number of urea groups is 1. The van der Waals surface area contributed by atoms with Gasteiger partial charge in [-0.25, -0.2) is 4.79 Å². The van der Waals surface area contributed by atoms with E-state index in [2.05, 4.69) is 0 Å². The monoisotopic (exact) mass is 226 g/mol. The molecule has 0 radical (unpaired) electrons. The Hall–Kier alpha value is -2.29. The number of rotatable bonds is 2. The number of carbonyl (C=O) groups is 1. The van der Waals surface area contributed by atoms with E-state index in [1.165, 1.54) is 4.90 Å². The summed E-state index contributed by atoms with van der Waals surface area (Å²) in [6.07, 6.45) is 0. The molecule has 0 saturated carbocycles. The molecule has 0 bridgehead atoms. The fourth-order valence-electron chi connectivity index (χ4n) is 1.75. The quantitative estimate of drug-likeness (QED) is 0.839. The summed E-state index contributed by atoms with van der Waals surface area (Å²) in [5.41, 5.74) is 8.08. The molecule has 3 nitrogen and oxygen atoms in total. The van der Waals surface area contributed by atoms with Gasteiger partial charge in [-0.3, -0.25) is 4.90 Å². The SMILES string of the molecule is Cc1cccc(N(C(N)=O)c2ccccc2)c1. The Balaban J connectivity index is 2.47. The van der Waals surface area contributed by atoms with Crippen molar-refractivity contribution >= 4 is 17.4 Å². The van der Waals surface area contributed by atoms with Gasteiger partial charge in [0.1, 0.15) is 0 Å². The van der Waals surface area contributed by atoms with Crippen LogP contribution in [-0.4, -0.2) is 6.03 Å². The first-order chi connectivity index (χ1) is 8.18. The largest absolute Gasteiger partial charge is 0.351 e. The minimum Gasteiger partial charge on any atom is -0.351 e. The van der Waals surface area contributed by atoms with Crippen molar-refractivity contribution in [3.63, 3.8) is 0 Å². The van der Waals surface area contributed by atoms with Crippen LogP contribution in [0.2, 0.25) is 0 Å². The Bertz CT molecular complexity index is 523. The van der Waals surface area contributed by atoms with Crippen LogP contribution in [0.3, 0.4) is 0 Å². The van der Waals surface area contributed by atoms with Gasteiger partial charge in [-0.1, -0.05) is 30.3 Å². The van der Waals surface area contributed by atoms with Crippen molar-refractivity contribution < 1.29 is 4.79 Å². The molecule has 2 aromatic rings. The summed E-state index contributed by atoms with van der Waals surface area (Å²) in [5, 5.41) is 0. The molecular formula is C14H14N2O. The predicted octanol–water partition coefficient (Wildman–Crippen LogP) is 3.21. The average Bonchev–Trinajstić information content (AvgIpc) is 2.30. The normalized spacial score (nSPS) is 9.94. The number of hydrogen-bond donors (Lipinski definition) is 1. The maximum absolute atomic E-state index is 11.6. The predicted molar refractivity (Wildman–Crippen MR) is 69.3 cm³/mol. The van der Waals surface area contributed by atoms with Gasteiger partial charge in [-0.2, -0.15) is 0 Å². The zero-order valence-corrected chi connectivity index (χ0v) is 9.63. The van der Waals surface area contributed by atoms with Gasteiger partial charge in [-0.05, 0) is 36.8 Å². The molecular weight excluding hydrogens is 212 g/mol. The number of anilines is 2. The van der Waals surface area contributed by atoms with Crippen molar-refractivity contribution in [2.24, 2.45) is 5.73 Å². The summed E-state index contributed by atoms with van der Waals surface area (Å²) >= 11 is 0. The Morgan fingerprint density at radius 2 is 1.65 bits per heavy atom. The smallest absolute Gasteiger partial charge is 0.323 e. The molecule has 0 aliphatic heterocycles. The van der Waals surface area contributed by atoms with Crippen LogP contribution in [0.4, 0.5) is 16.2 Å². The van der Waals surface area contributed by atoms with E-state index >= 15 is 0 Å². The lowest BCUT2D eigenvalue weighted by molar-refractivity contribution is 0.256. The molecule has 0 heterocycles. The van der Waals surface area contributed by atoms with Crippen LogP contribution in [0, 0.1) is 6.92 Å². The Morgan fingerprint density at radius 1 is 1.00 bits per heavy atom. The van der Waals surface area contributed by atoms with E-state index in [1.54, 1.807) is 0 Å². The van der Waals surface area contributed by atoms with Gasteiger partial charge >= 0.3 is 6.03 Å². The Labute approximate surface area is 100 Å². The van der Waals surface area contributed by atoms with Crippen molar-refractivity contribution in [3.8, 4) is 0 Å². The maximum Gasteiger partial charge on any atom is 0.323 e. The van der Waals surface area contributed by atoms with Gasteiger partial charge in [0.15, 0.2) is 0 Å². The molecule has 2 aromatic carbocycles. The van der Waals surface area contributed by atoms with Crippen LogP contribution >= 0.6 is 0 Å². The van der Waals surface area contributed by atoms with Gasteiger partial charge in [0.05, 0.1) is 11.4 Å².